The first-order valence-electron chi connectivity index (χ1n) is 9.45. The highest BCUT2D eigenvalue weighted by Crippen LogP contribution is 2.20. The molecule has 0 saturated carbocycles. The minimum Gasteiger partial charge on any atom is -0.368 e. The van der Waals surface area contributed by atoms with Gasteiger partial charge in [0.2, 0.25) is 17.6 Å². The maximum atomic E-state index is 13.3. The molecule has 0 spiro atoms. The van der Waals surface area contributed by atoms with Crippen LogP contribution < -0.4 is 4.90 Å². The summed E-state index contributed by atoms with van der Waals surface area (Å²) in [7, 11) is 0. The number of aryl methyl sites for hydroxylation is 1. The second kappa shape index (κ2) is 8.61. The Labute approximate surface area is 172 Å². The number of nitrogens with zero attached hydrogens (tertiary/aromatic N) is 4. The second-order valence-corrected chi connectivity index (χ2v) is 7.30. The topological polar surface area (TPSA) is 62.5 Å². The minimum atomic E-state index is -0.359. The number of halogens is 2. The fourth-order valence-corrected chi connectivity index (χ4v) is 3.47. The predicted molar refractivity (Wildman–Crippen MR) is 108 cm³/mol. The molecule has 150 valence electrons. The molecule has 8 heteroatoms. The Hall–Kier alpha value is -2.93. The highest BCUT2D eigenvalue weighted by Gasteiger charge is 2.22. The molecule has 0 radical (unpaired) electrons. The molecule has 2 aromatic carbocycles. The van der Waals surface area contributed by atoms with E-state index in [9.17, 15) is 9.18 Å². The van der Waals surface area contributed by atoms with Crippen molar-refractivity contribution >= 4 is 23.2 Å². The molecule has 2 heterocycles. The molecule has 6 nitrogen and oxygen atoms in total. The molecule has 0 aliphatic carbocycles. The van der Waals surface area contributed by atoms with Crippen molar-refractivity contribution < 1.29 is 13.7 Å². The number of carbonyl (C=O) groups is 1. The Kier molecular flexibility index (Phi) is 5.76. The van der Waals surface area contributed by atoms with E-state index in [2.05, 4.69) is 15.0 Å². The van der Waals surface area contributed by atoms with Crippen LogP contribution in [0.5, 0.6) is 0 Å². The van der Waals surface area contributed by atoms with Crippen LogP contribution in [0.1, 0.15) is 12.3 Å². The summed E-state index contributed by atoms with van der Waals surface area (Å²) in [5.74, 6) is 0.397. The number of benzene rings is 2. The van der Waals surface area contributed by atoms with Crippen LogP contribution in [-0.2, 0) is 11.2 Å². The van der Waals surface area contributed by atoms with Crippen LogP contribution in [0.4, 0.5) is 10.1 Å². The normalized spacial score (nSPS) is 14.3. The van der Waals surface area contributed by atoms with Crippen LogP contribution in [0, 0.1) is 5.82 Å². The molecule has 0 N–H and O–H groups in total. The quantitative estimate of drug-likeness (QED) is 0.635. The van der Waals surface area contributed by atoms with Crippen LogP contribution >= 0.6 is 11.6 Å². The lowest BCUT2D eigenvalue weighted by atomic mass is 10.2. The molecule has 1 fully saturated rings. The van der Waals surface area contributed by atoms with E-state index in [0.717, 1.165) is 18.8 Å². The van der Waals surface area contributed by atoms with Crippen molar-refractivity contribution in [2.45, 2.75) is 12.8 Å². The van der Waals surface area contributed by atoms with Crippen LogP contribution in [0.25, 0.3) is 11.4 Å². The van der Waals surface area contributed by atoms with E-state index >= 15 is 0 Å². The third kappa shape index (κ3) is 4.74. The predicted octanol–water partition coefficient (Wildman–Crippen LogP) is 3.81. The van der Waals surface area contributed by atoms with Gasteiger partial charge in [-0.15, -0.1) is 0 Å². The zero-order chi connectivity index (χ0) is 20.2. The summed E-state index contributed by atoms with van der Waals surface area (Å²) in [5.41, 5.74) is 1.65. The van der Waals surface area contributed by atoms with E-state index < -0.39 is 0 Å². The van der Waals surface area contributed by atoms with Gasteiger partial charge in [0.1, 0.15) is 5.82 Å². The first kappa shape index (κ1) is 19.4. The van der Waals surface area contributed by atoms with Gasteiger partial charge in [0.15, 0.2) is 0 Å². The van der Waals surface area contributed by atoms with Crippen LogP contribution in [0.2, 0.25) is 5.02 Å². The monoisotopic (exact) mass is 414 g/mol. The number of amides is 1. The molecule has 1 amide bonds. The van der Waals surface area contributed by atoms with E-state index in [0.29, 0.717) is 48.2 Å². The third-order valence-corrected chi connectivity index (χ3v) is 5.18. The molecule has 4 rings (SSSR count). The molecule has 3 aromatic rings. The van der Waals surface area contributed by atoms with E-state index in [1.807, 2.05) is 29.2 Å². The van der Waals surface area contributed by atoms with Crippen molar-refractivity contribution in [1.29, 1.82) is 0 Å². The summed E-state index contributed by atoms with van der Waals surface area (Å²) in [4.78, 5) is 20.9. The van der Waals surface area contributed by atoms with Gasteiger partial charge < -0.3 is 14.3 Å². The van der Waals surface area contributed by atoms with E-state index in [-0.39, 0.29) is 11.7 Å². The molecule has 29 heavy (non-hydrogen) atoms. The zero-order valence-electron chi connectivity index (χ0n) is 15.7. The number of aromatic nitrogens is 2. The van der Waals surface area contributed by atoms with E-state index in [1.165, 1.54) is 12.1 Å². The Morgan fingerprint density at radius 1 is 1.10 bits per heavy atom. The van der Waals surface area contributed by atoms with Crippen molar-refractivity contribution in [1.82, 2.24) is 15.0 Å². The van der Waals surface area contributed by atoms with Crippen molar-refractivity contribution in [3.63, 3.8) is 0 Å². The maximum absolute atomic E-state index is 13.3. The lowest BCUT2D eigenvalue weighted by Gasteiger charge is -2.36. The molecule has 0 bridgehead atoms. The molecular formula is C21H20ClFN4O2. The van der Waals surface area contributed by atoms with Crippen LogP contribution in [-0.4, -0.2) is 47.1 Å². The van der Waals surface area contributed by atoms with E-state index in [1.54, 1.807) is 12.1 Å². The number of rotatable bonds is 5. The molecule has 0 atom stereocenters. The fourth-order valence-electron chi connectivity index (χ4n) is 3.34. The summed E-state index contributed by atoms with van der Waals surface area (Å²) in [6.45, 7) is 2.88. The van der Waals surface area contributed by atoms with Gasteiger partial charge in [-0.25, -0.2) is 4.39 Å². The molecular weight excluding hydrogens is 395 g/mol. The number of piperazine rings is 1. The van der Waals surface area contributed by atoms with Gasteiger partial charge in [0, 0.05) is 55.3 Å². The minimum absolute atomic E-state index is 0.0614. The van der Waals surface area contributed by atoms with Gasteiger partial charge in [-0.1, -0.05) is 28.9 Å². The lowest BCUT2D eigenvalue weighted by Crippen LogP contribution is -2.48. The largest absolute Gasteiger partial charge is 0.368 e. The number of hydrogen-bond donors (Lipinski definition) is 0. The van der Waals surface area contributed by atoms with Crippen LogP contribution in [0.3, 0.4) is 0 Å². The Bertz CT molecular complexity index is 984. The molecule has 1 aliphatic heterocycles. The van der Waals surface area contributed by atoms with Gasteiger partial charge in [0.05, 0.1) is 0 Å². The Balaban J connectivity index is 1.28. The summed E-state index contributed by atoms with van der Waals surface area (Å²) in [6.07, 6.45) is 0.657. The van der Waals surface area contributed by atoms with Gasteiger partial charge in [-0.05, 0) is 36.4 Å². The summed E-state index contributed by atoms with van der Waals surface area (Å²) in [6, 6.07) is 13.7. The highest BCUT2D eigenvalue weighted by molar-refractivity contribution is 6.30. The molecule has 1 aliphatic rings. The number of carbonyl (C=O) groups excluding carboxylic acids is 1. The Morgan fingerprint density at radius 3 is 2.59 bits per heavy atom. The molecule has 1 aromatic heterocycles. The van der Waals surface area contributed by atoms with Crippen molar-refractivity contribution in [2.75, 3.05) is 31.1 Å². The standard InChI is InChI=1S/C21H20ClFN4O2/c22-16-4-6-18(7-5-16)26-10-12-27(13-11-26)20(28)9-8-19-24-21(25-29-19)15-2-1-3-17(23)14-15/h1-7,14H,8-13H2. The average Bonchev–Trinajstić information content (AvgIpc) is 3.22. The Morgan fingerprint density at radius 2 is 1.86 bits per heavy atom. The smallest absolute Gasteiger partial charge is 0.227 e. The number of hydrogen-bond acceptors (Lipinski definition) is 5. The maximum Gasteiger partial charge on any atom is 0.227 e. The summed E-state index contributed by atoms with van der Waals surface area (Å²) >= 11 is 5.94. The van der Waals surface area contributed by atoms with Crippen LogP contribution in [0.15, 0.2) is 53.1 Å². The first-order valence-corrected chi connectivity index (χ1v) is 9.83. The van der Waals surface area contributed by atoms with Gasteiger partial charge in [-0.2, -0.15) is 4.98 Å². The highest BCUT2D eigenvalue weighted by atomic mass is 35.5. The van der Waals surface area contributed by atoms with E-state index in [4.69, 9.17) is 16.1 Å². The SMILES string of the molecule is O=C(CCc1nc(-c2cccc(F)c2)no1)N1CCN(c2ccc(Cl)cc2)CC1. The lowest BCUT2D eigenvalue weighted by molar-refractivity contribution is -0.131. The van der Waals surface area contributed by atoms with Gasteiger partial charge >= 0.3 is 0 Å². The fraction of sp³-hybridized carbons (Fsp3) is 0.286. The van der Waals surface area contributed by atoms with Crippen molar-refractivity contribution in [3.05, 3.63) is 65.3 Å². The third-order valence-electron chi connectivity index (χ3n) is 4.93. The summed E-state index contributed by atoms with van der Waals surface area (Å²) < 4.78 is 18.5. The van der Waals surface area contributed by atoms with Gasteiger partial charge in [0.25, 0.3) is 0 Å². The van der Waals surface area contributed by atoms with Gasteiger partial charge in [-0.3, -0.25) is 4.79 Å². The molecule has 0 unspecified atom stereocenters. The summed E-state index contributed by atoms with van der Waals surface area (Å²) in [5, 5.41) is 4.59. The second-order valence-electron chi connectivity index (χ2n) is 6.87. The average molecular weight is 415 g/mol. The number of anilines is 1. The first-order chi connectivity index (χ1) is 14.1. The molecule has 1 saturated heterocycles. The zero-order valence-corrected chi connectivity index (χ0v) is 16.5. The van der Waals surface area contributed by atoms with Crippen molar-refractivity contribution in [2.24, 2.45) is 0 Å². The van der Waals surface area contributed by atoms with Crippen molar-refractivity contribution in [3.8, 4) is 11.4 Å².